The second-order valence-electron chi connectivity index (χ2n) is 4.37. The van der Waals surface area contributed by atoms with Crippen molar-refractivity contribution in [2.75, 3.05) is 0 Å². The van der Waals surface area contributed by atoms with Crippen molar-refractivity contribution >= 4 is 5.84 Å². The Bertz CT molecular complexity index is 353. The van der Waals surface area contributed by atoms with Gasteiger partial charge in [0.05, 0.1) is 11.9 Å². The number of rotatable bonds is 4. The largest absolute Gasteiger partial charge is 0.490 e. The Morgan fingerprint density at radius 3 is 2.44 bits per heavy atom. The van der Waals surface area contributed by atoms with Crippen molar-refractivity contribution in [3.05, 3.63) is 29.8 Å². The Balaban J connectivity index is 1.93. The van der Waals surface area contributed by atoms with E-state index in [1.807, 2.05) is 24.3 Å². The van der Waals surface area contributed by atoms with E-state index >= 15 is 0 Å². The summed E-state index contributed by atoms with van der Waals surface area (Å²) in [6, 6.07) is 7.89. The van der Waals surface area contributed by atoms with Crippen LogP contribution in [-0.2, 0) is 6.42 Å². The Hall–Kier alpha value is -1.51. The molecular weight excluding hydrogens is 200 g/mol. The fourth-order valence-corrected chi connectivity index (χ4v) is 2.10. The maximum absolute atomic E-state index is 7.21. The summed E-state index contributed by atoms with van der Waals surface area (Å²) in [5.74, 6) is 1.13. The lowest BCUT2D eigenvalue weighted by molar-refractivity contribution is 0.210. The van der Waals surface area contributed by atoms with Crippen LogP contribution in [0, 0.1) is 5.41 Å². The normalized spacial score (nSPS) is 16.2. The Morgan fingerprint density at radius 1 is 1.25 bits per heavy atom. The summed E-state index contributed by atoms with van der Waals surface area (Å²) in [5, 5.41) is 7.21. The van der Waals surface area contributed by atoms with Gasteiger partial charge in [0.2, 0.25) is 0 Å². The Morgan fingerprint density at radius 2 is 1.88 bits per heavy atom. The number of nitrogens with one attached hydrogen (secondary N) is 1. The van der Waals surface area contributed by atoms with Gasteiger partial charge in [-0.05, 0) is 43.4 Å². The van der Waals surface area contributed by atoms with Crippen LogP contribution in [-0.4, -0.2) is 11.9 Å². The molecule has 16 heavy (non-hydrogen) atoms. The van der Waals surface area contributed by atoms with E-state index in [9.17, 15) is 0 Å². The number of hydrogen-bond donors (Lipinski definition) is 2. The first-order valence-corrected chi connectivity index (χ1v) is 5.82. The summed E-state index contributed by atoms with van der Waals surface area (Å²) in [5.41, 5.74) is 6.41. The Kier molecular flexibility index (Phi) is 3.44. The van der Waals surface area contributed by atoms with Crippen LogP contribution in [0.3, 0.4) is 0 Å². The number of nitrogens with two attached hydrogens (primary N) is 1. The van der Waals surface area contributed by atoms with Gasteiger partial charge < -0.3 is 10.5 Å². The number of benzene rings is 1. The van der Waals surface area contributed by atoms with Crippen LogP contribution >= 0.6 is 0 Å². The molecule has 3 heteroatoms. The molecule has 86 valence electrons. The van der Waals surface area contributed by atoms with Crippen LogP contribution < -0.4 is 10.5 Å². The maximum atomic E-state index is 7.21. The van der Waals surface area contributed by atoms with Crippen molar-refractivity contribution in [3.8, 4) is 5.75 Å². The van der Waals surface area contributed by atoms with Crippen LogP contribution in [0.1, 0.15) is 31.2 Å². The van der Waals surface area contributed by atoms with E-state index in [0.717, 1.165) is 11.3 Å². The number of ether oxygens (including phenoxy) is 1. The van der Waals surface area contributed by atoms with Crippen LogP contribution in [0.5, 0.6) is 5.75 Å². The molecule has 0 saturated heterocycles. The van der Waals surface area contributed by atoms with Gasteiger partial charge in [-0.2, -0.15) is 0 Å². The van der Waals surface area contributed by atoms with E-state index in [0.29, 0.717) is 12.5 Å². The fraction of sp³-hybridized carbons (Fsp3) is 0.462. The second kappa shape index (κ2) is 5.01. The van der Waals surface area contributed by atoms with Gasteiger partial charge in [-0.25, -0.2) is 0 Å². The second-order valence-corrected chi connectivity index (χ2v) is 4.37. The van der Waals surface area contributed by atoms with Gasteiger partial charge in [-0.15, -0.1) is 0 Å². The molecule has 1 aromatic carbocycles. The van der Waals surface area contributed by atoms with E-state index in [1.165, 1.54) is 25.7 Å². The van der Waals surface area contributed by atoms with Gasteiger partial charge in [-0.3, -0.25) is 5.41 Å². The summed E-state index contributed by atoms with van der Waals surface area (Å²) < 4.78 is 5.85. The summed E-state index contributed by atoms with van der Waals surface area (Å²) in [4.78, 5) is 0. The zero-order valence-corrected chi connectivity index (χ0v) is 9.41. The zero-order chi connectivity index (χ0) is 11.4. The maximum Gasteiger partial charge on any atom is 0.119 e. The molecule has 1 aliphatic carbocycles. The highest BCUT2D eigenvalue weighted by Gasteiger charge is 2.16. The lowest BCUT2D eigenvalue weighted by Gasteiger charge is -2.13. The lowest BCUT2D eigenvalue weighted by atomic mass is 10.1. The molecule has 1 aromatic rings. The van der Waals surface area contributed by atoms with Gasteiger partial charge in [0.15, 0.2) is 0 Å². The third-order valence-corrected chi connectivity index (χ3v) is 2.92. The summed E-state index contributed by atoms with van der Waals surface area (Å²) in [7, 11) is 0. The summed E-state index contributed by atoms with van der Waals surface area (Å²) in [6.07, 6.45) is 5.84. The molecule has 0 aromatic heterocycles. The van der Waals surface area contributed by atoms with Crippen LogP contribution in [0.25, 0.3) is 0 Å². The third kappa shape index (κ3) is 2.99. The van der Waals surface area contributed by atoms with Gasteiger partial charge in [0.25, 0.3) is 0 Å². The van der Waals surface area contributed by atoms with Gasteiger partial charge in [0, 0.05) is 6.42 Å². The molecule has 0 radical (unpaired) electrons. The average Bonchev–Trinajstić information content (AvgIpc) is 2.73. The molecule has 2 rings (SSSR count). The van der Waals surface area contributed by atoms with Crippen molar-refractivity contribution in [2.24, 2.45) is 5.73 Å². The molecule has 0 aliphatic heterocycles. The first-order chi connectivity index (χ1) is 7.74. The Labute approximate surface area is 96.1 Å². The van der Waals surface area contributed by atoms with E-state index in [4.69, 9.17) is 15.9 Å². The van der Waals surface area contributed by atoms with Gasteiger partial charge >= 0.3 is 0 Å². The first-order valence-electron chi connectivity index (χ1n) is 5.82. The molecule has 0 atom stereocenters. The highest BCUT2D eigenvalue weighted by molar-refractivity contribution is 5.79. The van der Waals surface area contributed by atoms with E-state index < -0.39 is 0 Å². The molecule has 1 fully saturated rings. The smallest absolute Gasteiger partial charge is 0.119 e. The third-order valence-electron chi connectivity index (χ3n) is 2.92. The minimum atomic E-state index is 0.199. The van der Waals surface area contributed by atoms with Gasteiger partial charge in [0.1, 0.15) is 5.75 Å². The highest BCUT2D eigenvalue weighted by Crippen LogP contribution is 2.24. The van der Waals surface area contributed by atoms with Gasteiger partial charge in [-0.1, -0.05) is 12.1 Å². The van der Waals surface area contributed by atoms with E-state index in [2.05, 4.69) is 0 Å². The molecule has 0 unspecified atom stereocenters. The number of hydrogen-bond acceptors (Lipinski definition) is 2. The molecule has 0 bridgehead atoms. The van der Waals surface area contributed by atoms with Crippen molar-refractivity contribution in [3.63, 3.8) is 0 Å². The van der Waals surface area contributed by atoms with Crippen molar-refractivity contribution < 1.29 is 4.74 Å². The molecule has 0 amide bonds. The zero-order valence-electron chi connectivity index (χ0n) is 9.41. The van der Waals surface area contributed by atoms with Crippen molar-refractivity contribution in [1.82, 2.24) is 0 Å². The molecule has 3 N–H and O–H groups in total. The molecule has 3 nitrogen and oxygen atoms in total. The predicted molar refractivity (Wildman–Crippen MR) is 64.9 cm³/mol. The summed E-state index contributed by atoms with van der Waals surface area (Å²) >= 11 is 0. The quantitative estimate of drug-likeness (QED) is 0.602. The van der Waals surface area contributed by atoms with Crippen molar-refractivity contribution in [1.29, 1.82) is 5.41 Å². The topological polar surface area (TPSA) is 59.1 Å². The monoisotopic (exact) mass is 218 g/mol. The average molecular weight is 218 g/mol. The fourth-order valence-electron chi connectivity index (χ4n) is 2.10. The molecule has 0 spiro atoms. The SMILES string of the molecule is N=C(N)Cc1ccc(OC2CCCC2)cc1. The molecule has 1 saturated carbocycles. The lowest BCUT2D eigenvalue weighted by Crippen LogP contribution is -2.13. The van der Waals surface area contributed by atoms with Crippen LogP contribution in [0.4, 0.5) is 0 Å². The standard InChI is InChI=1S/C13H18N2O/c14-13(15)9-10-5-7-12(8-6-10)16-11-3-1-2-4-11/h5-8,11H,1-4,9H2,(H3,14,15). The van der Waals surface area contributed by atoms with E-state index in [-0.39, 0.29) is 5.84 Å². The molecule has 1 aliphatic rings. The molecular formula is C13H18N2O. The molecule has 0 heterocycles. The minimum absolute atomic E-state index is 0.199. The highest BCUT2D eigenvalue weighted by atomic mass is 16.5. The van der Waals surface area contributed by atoms with Crippen LogP contribution in [0.2, 0.25) is 0 Å². The van der Waals surface area contributed by atoms with Crippen LogP contribution in [0.15, 0.2) is 24.3 Å². The van der Waals surface area contributed by atoms with E-state index in [1.54, 1.807) is 0 Å². The van der Waals surface area contributed by atoms with Crippen molar-refractivity contribution in [2.45, 2.75) is 38.2 Å². The first kappa shape index (κ1) is 11.0. The summed E-state index contributed by atoms with van der Waals surface area (Å²) in [6.45, 7) is 0. The predicted octanol–water partition coefficient (Wildman–Crippen LogP) is 2.49. The minimum Gasteiger partial charge on any atom is -0.490 e. The number of amidine groups is 1.